The number of aromatic nitrogens is 2. The summed E-state index contributed by atoms with van der Waals surface area (Å²) in [6.45, 7) is 7.99. The van der Waals surface area contributed by atoms with Crippen LogP contribution >= 0.6 is 0 Å². The summed E-state index contributed by atoms with van der Waals surface area (Å²) in [7, 11) is 0. The van der Waals surface area contributed by atoms with Crippen LogP contribution in [-0.4, -0.2) is 16.1 Å². The first-order valence-corrected chi connectivity index (χ1v) is 6.14. The third-order valence-corrected chi connectivity index (χ3v) is 2.47. The lowest BCUT2D eigenvalue weighted by Gasteiger charge is -2.10. The molecule has 0 aliphatic carbocycles. The molecule has 0 N–H and O–H groups in total. The van der Waals surface area contributed by atoms with E-state index in [1.807, 2.05) is 58.0 Å². The first kappa shape index (κ1) is 12.6. The summed E-state index contributed by atoms with van der Waals surface area (Å²) in [4.78, 5) is 8.89. The Hall–Kier alpha value is -1.90. The number of hydrogen-bond donors (Lipinski definition) is 0. The minimum absolute atomic E-state index is 0.188. The maximum Gasteiger partial charge on any atom is 0.159 e. The van der Waals surface area contributed by atoms with Gasteiger partial charge in [0.25, 0.3) is 0 Å². The molecule has 0 aliphatic rings. The van der Waals surface area contributed by atoms with Gasteiger partial charge in [-0.05, 0) is 58.0 Å². The van der Waals surface area contributed by atoms with Crippen LogP contribution in [0.1, 0.15) is 25.2 Å². The Morgan fingerprint density at radius 3 is 2.00 bits per heavy atom. The highest BCUT2D eigenvalue weighted by Crippen LogP contribution is 2.20. The van der Waals surface area contributed by atoms with Gasteiger partial charge in [0.1, 0.15) is 5.75 Å². The summed E-state index contributed by atoms with van der Waals surface area (Å²) in [5.74, 6) is 1.64. The van der Waals surface area contributed by atoms with E-state index in [4.69, 9.17) is 4.74 Å². The van der Waals surface area contributed by atoms with Gasteiger partial charge in [-0.2, -0.15) is 0 Å². The van der Waals surface area contributed by atoms with Crippen LogP contribution in [-0.2, 0) is 0 Å². The fourth-order valence-corrected chi connectivity index (χ4v) is 1.81. The maximum absolute atomic E-state index is 5.61. The molecule has 0 fully saturated rings. The number of hydrogen-bond acceptors (Lipinski definition) is 3. The van der Waals surface area contributed by atoms with Crippen LogP contribution in [0.5, 0.6) is 5.75 Å². The highest BCUT2D eigenvalue weighted by molar-refractivity contribution is 5.56. The first-order chi connectivity index (χ1) is 8.54. The molecule has 1 heterocycles. The van der Waals surface area contributed by atoms with Gasteiger partial charge >= 0.3 is 0 Å². The molecule has 0 atom stereocenters. The summed E-state index contributed by atoms with van der Waals surface area (Å²) in [5.41, 5.74) is 2.98. The molecule has 0 spiro atoms. The fraction of sp³-hybridized carbons (Fsp3) is 0.333. The Morgan fingerprint density at radius 1 is 0.944 bits per heavy atom. The lowest BCUT2D eigenvalue weighted by atomic mass is 10.2. The topological polar surface area (TPSA) is 35.0 Å². The van der Waals surface area contributed by atoms with Crippen LogP contribution in [0.3, 0.4) is 0 Å². The molecule has 0 bridgehead atoms. The van der Waals surface area contributed by atoms with Gasteiger partial charge in [0.15, 0.2) is 5.82 Å². The molecule has 0 unspecified atom stereocenters. The van der Waals surface area contributed by atoms with Crippen LogP contribution in [0.15, 0.2) is 30.3 Å². The van der Waals surface area contributed by atoms with Crippen LogP contribution in [0.25, 0.3) is 11.4 Å². The second kappa shape index (κ2) is 5.17. The lowest BCUT2D eigenvalue weighted by molar-refractivity contribution is 0.242. The number of nitrogens with zero attached hydrogens (tertiary/aromatic N) is 2. The van der Waals surface area contributed by atoms with E-state index in [9.17, 15) is 0 Å². The van der Waals surface area contributed by atoms with Crippen molar-refractivity contribution in [2.24, 2.45) is 0 Å². The first-order valence-electron chi connectivity index (χ1n) is 6.14. The smallest absolute Gasteiger partial charge is 0.159 e. The van der Waals surface area contributed by atoms with E-state index in [1.54, 1.807) is 0 Å². The van der Waals surface area contributed by atoms with Crippen molar-refractivity contribution in [3.8, 4) is 17.1 Å². The minimum Gasteiger partial charge on any atom is -0.491 e. The Labute approximate surface area is 108 Å². The normalized spacial score (nSPS) is 10.7. The summed E-state index contributed by atoms with van der Waals surface area (Å²) in [6, 6.07) is 9.87. The largest absolute Gasteiger partial charge is 0.491 e. The molecule has 2 aromatic rings. The summed E-state index contributed by atoms with van der Waals surface area (Å²) in [6.07, 6.45) is 0.188. The molecular formula is C15H18N2O. The summed E-state index contributed by atoms with van der Waals surface area (Å²) < 4.78 is 5.61. The van der Waals surface area contributed by atoms with Crippen molar-refractivity contribution in [3.63, 3.8) is 0 Å². The van der Waals surface area contributed by atoms with E-state index in [0.29, 0.717) is 0 Å². The number of ether oxygens (including phenoxy) is 1. The molecule has 0 aliphatic heterocycles. The Morgan fingerprint density at radius 2 is 1.50 bits per heavy atom. The van der Waals surface area contributed by atoms with Crippen molar-refractivity contribution in [3.05, 3.63) is 41.7 Å². The van der Waals surface area contributed by atoms with Crippen molar-refractivity contribution in [2.75, 3.05) is 0 Å². The number of aryl methyl sites for hydroxylation is 2. The van der Waals surface area contributed by atoms with E-state index < -0.39 is 0 Å². The zero-order valence-electron chi connectivity index (χ0n) is 11.3. The third kappa shape index (κ3) is 3.06. The van der Waals surface area contributed by atoms with Crippen LogP contribution in [0, 0.1) is 13.8 Å². The monoisotopic (exact) mass is 242 g/mol. The zero-order valence-corrected chi connectivity index (χ0v) is 11.3. The Balaban J connectivity index is 2.28. The molecule has 3 heteroatoms. The van der Waals surface area contributed by atoms with Gasteiger partial charge in [-0.25, -0.2) is 9.97 Å². The number of benzene rings is 1. The SMILES string of the molecule is Cc1cc(C)nc(-c2ccc(OC(C)C)cc2)n1. The van der Waals surface area contributed by atoms with Crippen LogP contribution in [0.4, 0.5) is 0 Å². The molecule has 2 rings (SSSR count). The average molecular weight is 242 g/mol. The van der Waals surface area contributed by atoms with Crippen LogP contribution in [0.2, 0.25) is 0 Å². The second-order valence-corrected chi connectivity index (χ2v) is 4.67. The predicted octanol–water partition coefficient (Wildman–Crippen LogP) is 3.55. The Kier molecular flexibility index (Phi) is 3.60. The van der Waals surface area contributed by atoms with Crippen molar-refractivity contribution in [1.29, 1.82) is 0 Å². The molecule has 0 saturated carbocycles. The molecule has 3 nitrogen and oxygen atoms in total. The quantitative estimate of drug-likeness (QED) is 0.825. The van der Waals surface area contributed by atoms with Crippen molar-refractivity contribution >= 4 is 0 Å². The Bertz CT molecular complexity index is 512. The zero-order chi connectivity index (χ0) is 13.1. The standard InChI is InChI=1S/C15H18N2O/c1-10(2)18-14-7-5-13(6-8-14)15-16-11(3)9-12(4)17-15/h5-10H,1-4H3. The third-order valence-electron chi connectivity index (χ3n) is 2.47. The fourth-order valence-electron chi connectivity index (χ4n) is 1.81. The highest BCUT2D eigenvalue weighted by atomic mass is 16.5. The van der Waals surface area contributed by atoms with Gasteiger partial charge in [0.2, 0.25) is 0 Å². The summed E-state index contributed by atoms with van der Waals surface area (Å²) in [5, 5.41) is 0. The van der Waals surface area contributed by atoms with Gasteiger partial charge in [-0.1, -0.05) is 0 Å². The van der Waals surface area contributed by atoms with E-state index in [-0.39, 0.29) is 6.10 Å². The van der Waals surface area contributed by atoms with Gasteiger partial charge in [0, 0.05) is 17.0 Å². The minimum atomic E-state index is 0.188. The predicted molar refractivity (Wildman–Crippen MR) is 72.7 cm³/mol. The van der Waals surface area contributed by atoms with Crippen LogP contribution < -0.4 is 4.74 Å². The molecule has 0 saturated heterocycles. The molecule has 0 radical (unpaired) electrons. The van der Waals surface area contributed by atoms with Crippen molar-refractivity contribution in [2.45, 2.75) is 33.8 Å². The molecule has 18 heavy (non-hydrogen) atoms. The lowest BCUT2D eigenvalue weighted by Crippen LogP contribution is -2.05. The van der Waals surface area contributed by atoms with Gasteiger partial charge in [-0.3, -0.25) is 0 Å². The van der Waals surface area contributed by atoms with Crippen molar-refractivity contribution < 1.29 is 4.74 Å². The van der Waals surface area contributed by atoms with E-state index in [0.717, 1.165) is 28.5 Å². The second-order valence-electron chi connectivity index (χ2n) is 4.67. The van der Waals surface area contributed by atoms with Gasteiger partial charge in [-0.15, -0.1) is 0 Å². The summed E-state index contributed by atoms with van der Waals surface area (Å²) >= 11 is 0. The maximum atomic E-state index is 5.61. The van der Waals surface area contributed by atoms with Crippen molar-refractivity contribution in [1.82, 2.24) is 9.97 Å². The molecule has 94 valence electrons. The van der Waals surface area contributed by atoms with E-state index >= 15 is 0 Å². The van der Waals surface area contributed by atoms with E-state index in [2.05, 4.69) is 9.97 Å². The highest BCUT2D eigenvalue weighted by Gasteiger charge is 2.04. The molecular weight excluding hydrogens is 224 g/mol. The van der Waals surface area contributed by atoms with E-state index in [1.165, 1.54) is 0 Å². The van der Waals surface area contributed by atoms with Gasteiger partial charge < -0.3 is 4.74 Å². The molecule has 1 aromatic carbocycles. The average Bonchev–Trinajstić information content (AvgIpc) is 2.27. The molecule has 0 amide bonds. The molecule has 1 aromatic heterocycles. The van der Waals surface area contributed by atoms with Gasteiger partial charge in [0.05, 0.1) is 6.10 Å². The number of rotatable bonds is 3.